The predicted molar refractivity (Wildman–Crippen MR) is 76.1 cm³/mol. The summed E-state index contributed by atoms with van der Waals surface area (Å²) in [6.07, 6.45) is 2.07. The summed E-state index contributed by atoms with van der Waals surface area (Å²) < 4.78 is 13.2. The first-order chi connectivity index (χ1) is 9.42. The number of rotatable bonds is 2. The van der Waals surface area contributed by atoms with Gasteiger partial charge in [-0.25, -0.2) is 0 Å². The standard InChI is InChI=1S/C4H8N2O3.C3H5ClO.C3H6.C2H4O/c5-1-3(7)9-4(8)2-6;1-2-3(4)5-2;1-3-2;1-2-3-1/h1-2,5-6H2;2-3H,1H3;3H,1H2,2H3;1-2H2. The highest BCUT2D eigenvalue weighted by Gasteiger charge is 2.30. The molecule has 20 heavy (non-hydrogen) atoms. The molecule has 2 unspecified atom stereocenters. The van der Waals surface area contributed by atoms with Crippen LogP contribution in [0.5, 0.6) is 0 Å². The second-order valence-corrected chi connectivity index (χ2v) is 3.90. The van der Waals surface area contributed by atoms with Crippen LogP contribution in [0, 0.1) is 0 Å². The van der Waals surface area contributed by atoms with Crippen LogP contribution in [0.2, 0.25) is 0 Å². The average Bonchev–Trinajstić information content (AvgIpc) is 3.31. The van der Waals surface area contributed by atoms with E-state index in [4.69, 9.17) is 23.1 Å². The molecule has 0 aromatic rings. The number of hydrogen-bond acceptors (Lipinski definition) is 7. The Balaban J connectivity index is 0. The second kappa shape index (κ2) is 14.4. The number of hydrogen-bond donors (Lipinski definition) is 2. The third-order valence-corrected chi connectivity index (χ3v) is 1.86. The van der Waals surface area contributed by atoms with E-state index in [2.05, 4.69) is 20.8 Å². The van der Waals surface area contributed by atoms with Gasteiger partial charge in [0.25, 0.3) is 0 Å². The first kappa shape index (κ1) is 21.3. The molecule has 2 atom stereocenters. The molecule has 0 bridgehead atoms. The van der Waals surface area contributed by atoms with Gasteiger partial charge in [-0.3, -0.25) is 9.59 Å². The molecule has 2 fully saturated rings. The summed E-state index contributed by atoms with van der Waals surface area (Å²) in [6.45, 7) is 8.59. The molecule has 0 amide bonds. The van der Waals surface area contributed by atoms with E-state index in [-0.39, 0.29) is 18.7 Å². The van der Waals surface area contributed by atoms with Crippen molar-refractivity contribution in [1.29, 1.82) is 0 Å². The summed E-state index contributed by atoms with van der Waals surface area (Å²) in [4.78, 5) is 20.3. The van der Waals surface area contributed by atoms with Crippen LogP contribution < -0.4 is 11.5 Å². The zero-order valence-electron chi connectivity index (χ0n) is 11.8. The molecule has 2 rings (SSSR count). The highest BCUT2D eigenvalue weighted by Crippen LogP contribution is 2.23. The van der Waals surface area contributed by atoms with Gasteiger partial charge in [0.2, 0.25) is 0 Å². The predicted octanol–water partition coefficient (Wildman–Crippen LogP) is 0.153. The number of nitrogens with two attached hydrogens (primary N) is 2. The minimum Gasteiger partial charge on any atom is -0.391 e. The third-order valence-electron chi connectivity index (χ3n) is 1.40. The fourth-order valence-electron chi connectivity index (χ4n) is 0.370. The van der Waals surface area contributed by atoms with Crippen LogP contribution in [0.1, 0.15) is 13.8 Å². The number of ether oxygens (including phenoxy) is 3. The van der Waals surface area contributed by atoms with Gasteiger partial charge in [0.15, 0.2) is 5.56 Å². The van der Waals surface area contributed by atoms with Gasteiger partial charge >= 0.3 is 11.9 Å². The van der Waals surface area contributed by atoms with E-state index in [0.29, 0.717) is 6.10 Å². The monoisotopic (exact) mass is 310 g/mol. The van der Waals surface area contributed by atoms with E-state index in [1.807, 2.05) is 13.8 Å². The molecule has 0 aromatic carbocycles. The lowest BCUT2D eigenvalue weighted by Crippen LogP contribution is -2.25. The Morgan fingerprint density at radius 1 is 1.35 bits per heavy atom. The van der Waals surface area contributed by atoms with Crippen LogP contribution in [0.3, 0.4) is 0 Å². The van der Waals surface area contributed by atoms with E-state index in [9.17, 15) is 9.59 Å². The van der Waals surface area contributed by atoms with Gasteiger partial charge in [-0.1, -0.05) is 17.7 Å². The smallest absolute Gasteiger partial charge is 0.327 e. The molecule has 0 aromatic heterocycles. The maximum absolute atomic E-state index is 10.2. The van der Waals surface area contributed by atoms with Crippen LogP contribution in [-0.4, -0.2) is 49.9 Å². The van der Waals surface area contributed by atoms with E-state index < -0.39 is 11.9 Å². The zero-order valence-corrected chi connectivity index (χ0v) is 12.6. The largest absolute Gasteiger partial charge is 0.391 e. The number of halogens is 1. The number of allylic oxidation sites excluding steroid dienone is 1. The maximum atomic E-state index is 10.2. The van der Waals surface area contributed by atoms with Crippen molar-refractivity contribution in [3.8, 4) is 0 Å². The Bertz CT molecular complexity index is 264. The molecule has 2 saturated heterocycles. The zero-order chi connectivity index (χ0) is 16.0. The first-order valence-electron chi connectivity index (χ1n) is 6.00. The number of esters is 2. The molecule has 118 valence electrons. The van der Waals surface area contributed by atoms with Crippen LogP contribution in [0.4, 0.5) is 0 Å². The van der Waals surface area contributed by atoms with Crippen LogP contribution >= 0.6 is 11.6 Å². The van der Waals surface area contributed by atoms with E-state index in [1.54, 1.807) is 6.08 Å². The van der Waals surface area contributed by atoms with E-state index >= 15 is 0 Å². The molecular formula is C12H23ClN2O5. The molecule has 2 heterocycles. The van der Waals surface area contributed by atoms with Gasteiger partial charge in [-0.2, -0.15) is 0 Å². The summed E-state index contributed by atoms with van der Waals surface area (Å²) in [5.74, 6) is -1.52. The van der Waals surface area contributed by atoms with Crippen molar-refractivity contribution >= 4 is 23.5 Å². The molecule has 0 spiro atoms. The lowest BCUT2D eigenvalue weighted by Gasteiger charge is -1.95. The molecular weight excluding hydrogens is 288 g/mol. The van der Waals surface area contributed by atoms with Crippen LogP contribution in [-0.2, 0) is 23.8 Å². The van der Waals surface area contributed by atoms with Gasteiger partial charge in [0.1, 0.15) is 0 Å². The Morgan fingerprint density at radius 3 is 1.70 bits per heavy atom. The summed E-state index contributed by atoms with van der Waals surface area (Å²) in [6, 6.07) is 0. The van der Waals surface area contributed by atoms with E-state index in [0.717, 1.165) is 13.2 Å². The Labute approximate surface area is 124 Å². The number of epoxide rings is 2. The normalized spacial score (nSPS) is 20.4. The van der Waals surface area contributed by atoms with Crippen molar-refractivity contribution in [2.75, 3.05) is 26.3 Å². The van der Waals surface area contributed by atoms with Crippen molar-refractivity contribution < 1.29 is 23.8 Å². The molecule has 0 radical (unpaired) electrons. The Hall–Kier alpha value is -0.990. The van der Waals surface area contributed by atoms with E-state index in [1.165, 1.54) is 0 Å². The van der Waals surface area contributed by atoms with Crippen molar-refractivity contribution in [1.82, 2.24) is 0 Å². The third kappa shape index (κ3) is 22.2. The number of carbonyl (C=O) groups is 2. The first-order valence-corrected chi connectivity index (χ1v) is 6.44. The lowest BCUT2D eigenvalue weighted by atomic mass is 10.6. The van der Waals surface area contributed by atoms with Gasteiger partial charge < -0.3 is 25.7 Å². The van der Waals surface area contributed by atoms with Gasteiger partial charge in [-0.05, 0) is 13.8 Å². The topological polar surface area (TPSA) is 120 Å². The summed E-state index contributed by atoms with van der Waals surface area (Å²) >= 11 is 5.31. The molecule has 2 aliphatic heterocycles. The molecule has 8 heteroatoms. The quantitative estimate of drug-likeness (QED) is 0.245. The highest BCUT2D eigenvalue weighted by molar-refractivity contribution is 6.21. The average molecular weight is 311 g/mol. The fourth-order valence-corrected chi connectivity index (χ4v) is 0.532. The molecule has 2 aliphatic rings. The van der Waals surface area contributed by atoms with Crippen molar-refractivity contribution in [3.63, 3.8) is 0 Å². The summed E-state index contributed by atoms with van der Waals surface area (Å²) in [7, 11) is 0. The molecule has 7 nitrogen and oxygen atoms in total. The fraction of sp³-hybridized carbons (Fsp3) is 0.667. The SMILES string of the molecule is C1CO1.C=CC.CC1OC1Cl.NCC(=O)OC(=O)CN. The Morgan fingerprint density at radius 2 is 1.60 bits per heavy atom. The highest BCUT2D eigenvalue weighted by atomic mass is 35.5. The molecule has 0 aliphatic carbocycles. The Kier molecular flexibility index (Phi) is 15.4. The van der Waals surface area contributed by atoms with Crippen molar-refractivity contribution in [2.45, 2.75) is 25.5 Å². The molecule has 0 saturated carbocycles. The van der Waals surface area contributed by atoms with Gasteiger partial charge in [0, 0.05) is 0 Å². The minimum atomic E-state index is -0.759. The second-order valence-electron chi connectivity index (χ2n) is 3.47. The van der Waals surface area contributed by atoms with Crippen LogP contribution in [0.15, 0.2) is 12.7 Å². The lowest BCUT2D eigenvalue weighted by molar-refractivity contribution is -0.157. The number of carbonyl (C=O) groups excluding carboxylic acids is 2. The summed E-state index contributed by atoms with van der Waals surface area (Å²) in [5.41, 5.74) is 9.64. The van der Waals surface area contributed by atoms with Gasteiger partial charge in [-0.15, -0.1) is 6.58 Å². The summed E-state index contributed by atoms with van der Waals surface area (Å²) in [5, 5.41) is 0. The van der Waals surface area contributed by atoms with Crippen molar-refractivity contribution in [3.05, 3.63) is 12.7 Å². The minimum absolute atomic E-state index is 0.0231. The van der Waals surface area contributed by atoms with Crippen LogP contribution in [0.25, 0.3) is 0 Å². The van der Waals surface area contributed by atoms with Crippen molar-refractivity contribution in [2.24, 2.45) is 11.5 Å². The molecule has 4 N–H and O–H groups in total. The number of alkyl halides is 1. The maximum Gasteiger partial charge on any atom is 0.327 e. The van der Waals surface area contributed by atoms with Gasteiger partial charge in [0.05, 0.1) is 32.4 Å².